The van der Waals surface area contributed by atoms with Gasteiger partial charge in [0.2, 0.25) is 10.0 Å². The Hall–Kier alpha value is -3.03. The first-order chi connectivity index (χ1) is 14.8. The first-order valence-electron chi connectivity index (χ1n) is 9.57. The minimum absolute atomic E-state index is 0.132. The van der Waals surface area contributed by atoms with E-state index in [0.717, 1.165) is 17.4 Å². The van der Waals surface area contributed by atoms with E-state index in [1.54, 1.807) is 48.5 Å². The Kier molecular flexibility index (Phi) is 7.55. The van der Waals surface area contributed by atoms with Crippen LogP contribution in [0.25, 0.3) is 0 Å². The lowest BCUT2D eigenvalue weighted by Crippen LogP contribution is -2.29. The lowest BCUT2D eigenvalue weighted by Gasteiger charge is -2.23. The molecule has 0 aliphatic heterocycles. The highest BCUT2D eigenvalue weighted by molar-refractivity contribution is 7.92. The SMILES string of the molecule is CS(=O)(=O)N(Cc1ccc(Cl)cc1)c1ccc(OCC(=O)NCc2ccccc2)cc1. The fourth-order valence-electron chi connectivity index (χ4n) is 2.86. The Morgan fingerprint density at radius 1 is 0.935 bits per heavy atom. The van der Waals surface area contributed by atoms with Crippen LogP contribution in [0.4, 0.5) is 5.69 Å². The highest BCUT2D eigenvalue weighted by Gasteiger charge is 2.18. The number of carbonyl (C=O) groups excluding carboxylic acids is 1. The third kappa shape index (κ3) is 7.01. The Morgan fingerprint density at radius 2 is 1.58 bits per heavy atom. The van der Waals surface area contributed by atoms with E-state index in [9.17, 15) is 13.2 Å². The van der Waals surface area contributed by atoms with E-state index in [2.05, 4.69) is 5.32 Å². The average Bonchev–Trinajstić information content (AvgIpc) is 2.76. The molecule has 31 heavy (non-hydrogen) atoms. The van der Waals surface area contributed by atoms with Crippen LogP contribution in [0.2, 0.25) is 5.02 Å². The van der Waals surface area contributed by atoms with E-state index in [4.69, 9.17) is 16.3 Å². The van der Waals surface area contributed by atoms with Crippen molar-refractivity contribution in [2.45, 2.75) is 13.1 Å². The number of rotatable bonds is 9. The zero-order valence-electron chi connectivity index (χ0n) is 17.0. The average molecular weight is 459 g/mol. The predicted octanol–water partition coefficient (Wildman–Crippen LogP) is 4.00. The van der Waals surface area contributed by atoms with Crippen molar-refractivity contribution in [1.82, 2.24) is 5.32 Å². The molecule has 0 fully saturated rings. The van der Waals surface area contributed by atoms with E-state index in [1.807, 2.05) is 30.3 Å². The Balaban J connectivity index is 1.59. The fraction of sp³-hybridized carbons (Fsp3) is 0.174. The van der Waals surface area contributed by atoms with E-state index in [-0.39, 0.29) is 19.1 Å². The van der Waals surface area contributed by atoms with E-state index in [0.29, 0.717) is 23.0 Å². The van der Waals surface area contributed by atoms with Gasteiger partial charge in [0.05, 0.1) is 18.5 Å². The highest BCUT2D eigenvalue weighted by Crippen LogP contribution is 2.24. The summed E-state index contributed by atoms with van der Waals surface area (Å²) in [6.45, 7) is 0.473. The molecule has 0 aliphatic carbocycles. The Labute approximate surface area is 187 Å². The van der Waals surface area contributed by atoms with Crippen molar-refractivity contribution >= 4 is 33.2 Å². The summed E-state index contributed by atoms with van der Waals surface area (Å²) in [5.74, 6) is 0.229. The quantitative estimate of drug-likeness (QED) is 0.525. The molecule has 0 unspecified atom stereocenters. The van der Waals surface area contributed by atoms with Crippen molar-refractivity contribution in [3.8, 4) is 5.75 Å². The molecule has 0 bridgehead atoms. The van der Waals surface area contributed by atoms with Gasteiger partial charge in [0.15, 0.2) is 6.61 Å². The smallest absolute Gasteiger partial charge is 0.258 e. The fourth-order valence-corrected chi connectivity index (χ4v) is 3.87. The summed E-state index contributed by atoms with van der Waals surface area (Å²) in [4.78, 5) is 12.0. The molecule has 3 rings (SSSR count). The number of nitrogens with one attached hydrogen (secondary N) is 1. The second kappa shape index (κ2) is 10.3. The van der Waals surface area contributed by atoms with Crippen LogP contribution in [-0.2, 0) is 27.9 Å². The van der Waals surface area contributed by atoms with Crippen molar-refractivity contribution < 1.29 is 17.9 Å². The molecule has 3 aromatic rings. The number of hydrogen-bond donors (Lipinski definition) is 1. The summed E-state index contributed by atoms with van der Waals surface area (Å²) in [7, 11) is -3.50. The Bertz CT molecular complexity index is 1100. The van der Waals surface area contributed by atoms with E-state index >= 15 is 0 Å². The largest absolute Gasteiger partial charge is 0.484 e. The van der Waals surface area contributed by atoms with Crippen LogP contribution in [0.15, 0.2) is 78.9 Å². The van der Waals surface area contributed by atoms with Crippen LogP contribution in [-0.4, -0.2) is 27.2 Å². The van der Waals surface area contributed by atoms with Crippen molar-refractivity contribution in [3.63, 3.8) is 0 Å². The molecule has 1 N–H and O–H groups in total. The van der Waals surface area contributed by atoms with Gasteiger partial charge in [-0.3, -0.25) is 9.10 Å². The number of sulfonamides is 1. The number of amides is 1. The summed E-state index contributed by atoms with van der Waals surface area (Å²) in [6.07, 6.45) is 1.16. The minimum atomic E-state index is -3.50. The number of anilines is 1. The van der Waals surface area contributed by atoms with Gasteiger partial charge < -0.3 is 10.1 Å². The van der Waals surface area contributed by atoms with Crippen molar-refractivity contribution in [1.29, 1.82) is 0 Å². The van der Waals surface area contributed by atoms with E-state index < -0.39 is 10.0 Å². The van der Waals surface area contributed by atoms with Crippen molar-refractivity contribution in [2.75, 3.05) is 17.2 Å². The third-order valence-electron chi connectivity index (χ3n) is 4.47. The molecule has 0 heterocycles. The predicted molar refractivity (Wildman–Crippen MR) is 123 cm³/mol. The topological polar surface area (TPSA) is 75.7 Å². The maximum absolute atomic E-state index is 12.3. The molecule has 0 saturated carbocycles. The Morgan fingerprint density at radius 3 is 2.19 bits per heavy atom. The molecule has 1 amide bonds. The minimum Gasteiger partial charge on any atom is -0.484 e. The van der Waals surface area contributed by atoms with Gasteiger partial charge in [-0.2, -0.15) is 0 Å². The summed E-state index contributed by atoms with van der Waals surface area (Å²) in [6, 6.07) is 23.2. The van der Waals surface area contributed by atoms with Crippen LogP contribution < -0.4 is 14.4 Å². The van der Waals surface area contributed by atoms with Crippen molar-refractivity contribution in [3.05, 3.63) is 95.0 Å². The molecule has 0 spiro atoms. The van der Waals surface area contributed by atoms with Crippen LogP contribution in [0.1, 0.15) is 11.1 Å². The molecular weight excluding hydrogens is 436 g/mol. The lowest BCUT2D eigenvalue weighted by atomic mass is 10.2. The van der Waals surface area contributed by atoms with Gasteiger partial charge in [-0.1, -0.05) is 54.1 Å². The normalized spacial score (nSPS) is 11.0. The molecule has 8 heteroatoms. The molecule has 0 radical (unpaired) electrons. The third-order valence-corrected chi connectivity index (χ3v) is 5.86. The maximum Gasteiger partial charge on any atom is 0.258 e. The van der Waals surface area contributed by atoms with Gasteiger partial charge in [0, 0.05) is 11.6 Å². The number of ether oxygens (including phenoxy) is 1. The number of nitrogens with zero attached hydrogens (tertiary/aromatic N) is 1. The molecule has 0 aliphatic rings. The van der Waals surface area contributed by atoms with Crippen LogP contribution in [0.5, 0.6) is 5.75 Å². The zero-order chi connectivity index (χ0) is 22.3. The van der Waals surface area contributed by atoms with Gasteiger partial charge in [0.1, 0.15) is 5.75 Å². The zero-order valence-corrected chi connectivity index (χ0v) is 18.6. The number of carbonyl (C=O) groups is 1. The standard InChI is InChI=1S/C23H23ClN2O4S/c1-31(28,29)26(16-19-7-9-20(24)10-8-19)21-11-13-22(14-12-21)30-17-23(27)25-15-18-5-3-2-4-6-18/h2-14H,15-17H2,1H3,(H,25,27). The van der Waals surface area contributed by atoms with Gasteiger partial charge in [-0.25, -0.2) is 8.42 Å². The number of halogens is 1. The molecule has 3 aromatic carbocycles. The molecule has 0 aromatic heterocycles. The van der Waals surface area contributed by atoms with Crippen LogP contribution >= 0.6 is 11.6 Å². The summed E-state index contributed by atoms with van der Waals surface area (Å²) in [5.41, 5.74) is 2.31. The van der Waals surface area contributed by atoms with Gasteiger partial charge in [-0.15, -0.1) is 0 Å². The van der Waals surface area contributed by atoms with Gasteiger partial charge in [0.25, 0.3) is 5.91 Å². The van der Waals surface area contributed by atoms with Gasteiger partial charge >= 0.3 is 0 Å². The summed E-state index contributed by atoms with van der Waals surface area (Å²) >= 11 is 5.90. The molecule has 6 nitrogen and oxygen atoms in total. The summed E-state index contributed by atoms with van der Waals surface area (Å²) < 4.78 is 31.4. The first kappa shape index (κ1) is 22.7. The second-order valence-electron chi connectivity index (χ2n) is 6.94. The molecule has 0 atom stereocenters. The first-order valence-corrected chi connectivity index (χ1v) is 11.8. The van der Waals surface area contributed by atoms with Gasteiger partial charge in [-0.05, 0) is 47.5 Å². The maximum atomic E-state index is 12.3. The molecule has 0 saturated heterocycles. The van der Waals surface area contributed by atoms with E-state index in [1.165, 1.54) is 4.31 Å². The monoisotopic (exact) mass is 458 g/mol. The highest BCUT2D eigenvalue weighted by atomic mass is 35.5. The number of benzene rings is 3. The molecular formula is C23H23ClN2O4S. The second-order valence-corrected chi connectivity index (χ2v) is 9.28. The van der Waals surface area contributed by atoms with Crippen LogP contribution in [0, 0.1) is 0 Å². The lowest BCUT2D eigenvalue weighted by molar-refractivity contribution is -0.123. The summed E-state index contributed by atoms with van der Waals surface area (Å²) in [5, 5.41) is 3.38. The van der Waals surface area contributed by atoms with Crippen molar-refractivity contribution in [2.24, 2.45) is 0 Å². The molecule has 162 valence electrons. The van der Waals surface area contributed by atoms with Crippen LogP contribution in [0.3, 0.4) is 0 Å². The number of hydrogen-bond acceptors (Lipinski definition) is 4.